The van der Waals surface area contributed by atoms with Gasteiger partial charge in [0.2, 0.25) is 0 Å². The van der Waals surface area contributed by atoms with E-state index in [-0.39, 0.29) is 6.61 Å². The van der Waals surface area contributed by atoms with Crippen LogP contribution in [0, 0.1) is 11.8 Å². The molecule has 0 aliphatic rings. The SMILES string of the molecule is COc1ccc(C#CCN)cc1CSCCO. The van der Waals surface area contributed by atoms with Crippen LogP contribution in [0.4, 0.5) is 0 Å². The Morgan fingerprint density at radius 1 is 1.47 bits per heavy atom. The van der Waals surface area contributed by atoms with Gasteiger partial charge in [0.25, 0.3) is 0 Å². The number of thioether (sulfide) groups is 1. The summed E-state index contributed by atoms with van der Waals surface area (Å²) in [6.45, 7) is 0.556. The minimum atomic E-state index is 0.194. The number of aliphatic hydroxyl groups is 1. The highest BCUT2D eigenvalue weighted by molar-refractivity contribution is 7.98. The summed E-state index contributed by atoms with van der Waals surface area (Å²) in [7, 11) is 1.65. The van der Waals surface area contributed by atoms with Gasteiger partial charge in [-0.2, -0.15) is 11.8 Å². The molecule has 0 radical (unpaired) electrons. The first-order valence-electron chi connectivity index (χ1n) is 5.36. The molecule has 1 aromatic carbocycles. The zero-order valence-corrected chi connectivity index (χ0v) is 10.7. The van der Waals surface area contributed by atoms with Crippen molar-refractivity contribution < 1.29 is 9.84 Å². The number of nitrogens with two attached hydrogens (primary N) is 1. The van der Waals surface area contributed by atoms with Crippen LogP contribution >= 0.6 is 11.8 Å². The molecule has 1 aromatic rings. The van der Waals surface area contributed by atoms with Gasteiger partial charge in [-0.1, -0.05) is 11.8 Å². The monoisotopic (exact) mass is 251 g/mol. The van der Waals surface area contributed by atoms with Gasteiger partial charge in [0.1, 0.15) is 5.75 Å². The van der Waals surface area contributed by atoms with Gasteiger partial charge in [0.05, 0.1) is 20.3 Å². The molecule has 0 aliphatic carbocycles. The Kier molecular flexibility index (Phi) is 6.56. The van der Waals surface area contributed by atoms with Crippen molar-refractivity contribution in [2.24, 2.45) is 5.73 Å². The summed E-state index contributed by atoms with van der Waals surface area (Å²) in [5, 5.41) is 8.75. The number of aliphatic hydroxyl groups excluding tert-OH is 1. The molecule has 0 saturated heterocycles. The maximum Gasteiger partial charge on any atom is 0.122 e. The van der Waals surface area contributed by atoms with E-state index >= 15 is 0 Å². The van der Waals surface area contributed by atoms with Crippen molar-refractivity contribution in [3.05, 3.63) is 29.3 Å². The van der Waals surface area contributed by atoms with Gasteiger partial charge in [-0.3, -0.25) is 0 Å². The molecular weight excluding hydrogens is 234 g/mol. The highest BCUT2D eigenvalue weighted by Crippen LogP contribution is 2.24. The molecule has 0 unspecified atom stereocenters. The third-order valence-electron chi connectivity index (χ3n) is 2.11. The molecule has 0 aliphatic heterocycles. The fourth-order valence-electron chi connectivity index (χ4n) is 1.37. The summed E-state index contributed by atoms with van der Waals surface area (Å²) in [5.74, 6) is 8.21. The molecular formula is C13H17NO2S. The first-order valence-corrected chi connectivity index (χ1v) is 6.51. The van der Waals surface area contributed by atoms with Gasteiger partial charge in [-0.05, 0) is 18.2 Å². The molecule has 4 heteroatoms. The minimum Gasteiger partial charge on any atom is -0.496 e. The fourth-order valence-corrected chi connectivity index (χ4v) is 2.09. The van der Waals surface area contributed by atoms with E-state index in [1.807, 2.05) is 18.2 Å². The summed E-state index contributed by atoms with van der Waals surface area (Å²) in [6, 6.07) is 5.84. The van der Waals surface area contributed by atoms with Gasteiger partial charge in [0.15, 0.2) is 0 Å². The Hall–Kier alpha value is -1.15. The van der Waals surface area contributed by atoms with Crippen molar-refractivity contribution in [2.75, 3.05) is 26.0 Å². The molecule has 0 aromatic heterocycles. The first kappa shape index (κ1) is 13.9. The first-order chi connectivity index (χ1) is 8.31. The van der Waals surface area contributed by atoms with Crippen molar-refractivity contribution in [2.45, 2.75) is 5.75 Å². The Balaban J connectivity index is 2.82. The number of methoxy groups -OCH3 is 1. The lowest BCUT2D eigenvalue weighted by Crippen LogP contribution is -1.95. The van der Waals surface area contributed by atoms with E-state index < -0.39 is 0 Å². The summed E-state index contributed by atoms with van der Waals surface area (Å²) >= 11 is 1.67. The second-order valence-electron chi connectivity index (χ2n) is 3.31. The smallest absolute Gasteiger partial charge is 0.122 e. The van der Waals surface area contributed by atoms with E-state index in [0.29, 0.717) is 6.54 Å². The lowest BCUT2D eigenvalue weighted by molar-refractivity contribution is 0.322. The topological polar surface area (TPSA) is 55.5 Å². The highest BCUT2D eigenvalue weighted by Gasteiger charge is 2.03. The van der Waals surface area contributed by atoms with Crippen LogP contribution in [-0.4, -0.2) is 31.1 Å². The Morgan fingerprint density at radius 3 is 2.94 bits per heavy atom. The maximum absolute atomic E-state index is 8.75. The number of rotatable bonds is 5. The van der Waals surface area contributed by atoms with Gasteiger partial charge in [-0.25, -0.2) is 0 Å². The zero-order chi connectivity index (χ0) is 12.5. The van der Waals surface area contributed by atoms with Gasteiger partial charge >= 0.3 is 0 Å². The third-order valence-corrected chi connectivity index (χ3v) is 3.09. The van der Waals surface area contributed by atoms with Crippen molar-refractivity contribution in [3.63, 3.8) is 0 Å². The Labute approximate surface area is 106 Å². The van der Waals surface area contributed by atoms with Crippen LogP contribution in [0.5, 0.6) is 5.75 Å². The van der Waals surface area contributed by atoms with E-state index in [9.17, 15) is 0 Å². The van der Waals surface area contributed by atoms with Crippen LogP contribution in [-0.2, 0) is 5.75 Å². The van der Waals surface area contributed by atoms with Crippen LogP contribution < -0.4 is 10.5 Å². The number of hydrogen-bond donors (Lipinski definition) is 2. The van der Waals surface area contributed by atoms with E-state index in [1.165, 1.54) is 0 Å². The minimum absolute atomic E-state index is 0.194. The Morgan fingerprint density at radius 2 is 2.29 bits per heavy atom. The second kappa shape index (κ2) is 8.02. The standard InChI is InChI=1S/C13H17NO2S/c1-16-13-5-4-11(3-2-6-14)9-12(13)10-17-8-7-15/h4-5,9,15H,6-8,10,14H2,1H3. The number of hydrogen-bond acceptors (Lipinski definition) is 4. The van der Waals surface area contributed by atoms with Crippen molar-refractivity contribution in [1.29, 1.82) is 0 Å². The van der Waals surface area contributed by atoms with Crippen LogP contribution in [0.1, 0.15) is 11.1 Å². The molecule has 1 rings (SSSR count). The number of benzene rings is 1. The Bertz CT molecular complexity index is 410. The zero-order valence-electron chi connectivity index (χ0n) is 9.90. The lowest BCUT2D eigenvalue weighted by Gasteiger charge is -2.08. The van der Waals surface area contributed by atoms with Crippen molar-refractivity contribution in [1.82, 2.24) is 0 Å². The molecule has 0 amide bonds. The van der Waals surface area contributed by atoms with E-state index in [2.05, 4.69) is 11.8 Å². The quantitative estimate of drug-likeness (QED) is 0.610. The van der Waals surface area contributed by atoms with Crippen molar-refractivity contribution in [3.8, 4) is 17.6 Å². The molecule has 0 heterocycles. The van der Waals surface area contributed by atoms with Gasteiger partial charge in [0, 0.05) is 22.6 Å². The maximum atomic E-state index is 8.75. The predicted molar refractivity (Wildman–Crippen MR) is 72.2 cm³/mol. The van der Waals surface area contributed by atoms with Crippen LogP contribution in [0.2, 0.25) is 0 Å². The molecule has 0 fully saturated rings. The normalized spacial score (nSPS) is 9.59. The van der Waals surface area contributed by atoms with Crippen molar-refractivity contribution >= 4 is 11.8 Å². The lowest BCUT2D eigenvalue weighted by atomic mass is 10.1. The molecule has 0 bridgehead atoms. The largest absolute Gasteiger partial charge is 0.496 e. The molecule has 0 spiro atoms. The van der Waals surface area contributed by atoms with E-state index in [4.69, 9.17) is 15.6 Å². The van der Waals surface area contributed by atoms with E-state index in [1.54, 1.807) is 18.9 Å². The number of ether oxygens (including phenoxy) is 1. The summed E-state index contributed by atoms with van der Waals surface area (Å²) in [6.07, 6.45) is 0. The second-order valence-corrected chi connectivity index (χ2v) is 4.41. The summed E-state index contributed by atoms with van der Waals surface area (Å²) in [4.78, 5) is 0. The van der Waals surface area contributed by atoms with Crippen LogP contribution in [0.15, 0.2) is 18.2 Å². The highest BCUT2D eigenvalue weighted by atomic mass is 32.2. The fraction of sp³-hybridized carbons (Fsp3) is 0.385. The third kappa shape index (κ3) is 4.70. The molecule has 0 atom stereocenters. The predicted octanol–water partition coefficient (Wildman–Crippen LogP) is 1.23. The molecule has 17 heavy (non-hydrogen) atoms. The molecule has 3 nitrogen and oxygen atoms in total. The molecule has 92 valence electrons. The van der Waals surface area contributed by atoms with Crippen LogP contribution in [0.25, 0.3) is 0 Å². The summed E-state index contributed by atoms with van der Waals surface area (Å²) < 4.78 is 5.29. The molecule has 0 saturated carbocycles. The van der Waals surface area contributed by atoms with Gasteiger partial charge in [-0.15, -0.1) is 0 Å². The van der Waals surface area contributed by atoms with E-state index in [0.717, 1.165) is 28.4 Å². The van der Waals surface area contributed by atoms with Crippen LogP contribution in [0.3, 0.4) is 0 Å². The average Bonchev–Trinajstić information content (AvgIpc) is 2.37. The van der Waals surface area contributed by atoms with Gasteiger partial charge < -0.3 is 15.6 Å². The molecule has 3 N–H and O–H groups in total. The average molecular weight is 251 g/mol. The summed E-state index contributed by atoms with van der Waals surface area (Å²) in [5.41, 5.74) is 7.37.